The van der Waals surface area contributed by atoms with Gasteiger partial charge >= 0.3 is 0 Å². The van der Waals surface area contributed by atoms with E-state index >= 15 is 0 Å². The van der Waals surface area contributed by atoms with Crippen molar-refractivity contribution < 1.29 is 4.79 Å². The number of nitrogens with one attached hydrogen (secondary N) is 1. The van der Waals surface area contributed by atoms with Gasteiger partial charge in [0.15, 0.2) is 0 Å². The fourth-order valence-electron chi connectivity index (χ4n) is 2.01. The zero-order valence-corrected chi connectivity index (χ0v) is 12.4. The first-order valence-electron chi connectivity index (χ1n) is 6.63. The van der Waals surface area contributed by atoms with Crippen LogP contribution in [0, 0.1) is 6.92 Å². The molecule has 2 aromatic rings. The number of carbonyl (C=O) groups is 1. The van der Waals surface area contributed by atoms with Gasteiger partial charge in [0.1, 0.15) is 5.15 Å². The van der Waals surface area contributed by atoms with Crippen molar-refractivity contribution in [3.8, 4) is 0 Å². The minimum atomic E-state index is -0.180. The molecule has 0 saturated heterocycles. The first kappa shape index (κ1) is 14.5. The highest BCUT2D eigenvalue weighted by Gasteiger charge is 2.08. The molecular weight excluding hydrogens is 272 g/mol. The third-order valence-electron chi connectivity index (χ3n) is 2.93. The van der Waals surface area contributed by atoms with E-state index in [1.54, 1.807) is 12.1 Å². The average Bonchev–Trinajstić information content (AvgIpc) is 2.40. The first-order chi connectivity index (χ1) is 9.58. The van der Waals surface area contributed by atoms with E-state index in [0.29, 0.717) is 10.7 Å². The van der Waals surface area contributed by atoms with Crippen molar-refractivity contribution in [2.45, 2.75) is 26.7 Å². The number of amides is 1. The van der Waals surface area contributed by atoms with Crippen LogP contribution < -0.4 is 5.32 Å². The van der Waals surface area contributed by atoms with Gasteiger partial charge in [0.2, 0.25) is 0 Å². The molecule has 1 aromatic carbocycles. The Morgan fingerprint density at radius 1 is 1.25 bits per heavy atom. The molecule has 0 radical (unpaired) electrons. The lowest BCUT2D eigenvalue weighted by atomic mass is 10.1. The fraction of sp³-hybridized carbons (Fsp3) is 0.250. The van der Waals surface area contributed by atoms with E-state index in [-0.39, 0.29) is 5.91 Å². The van der Waals surface area contributed by atoms with Crippen molar-refractivity contribution in [1.29, 1.82) is 0 Å². The van der Waals surface area contributed by atoms with E-state index < -0.39 is 0 Å². The number of aryl methyl sites for hydroxylation is 2. The number of carbonyl (C=O) groups excluding carboxylic acids is 1. The van der Waals surface area contributed by atoms with Gasteiger partial charge < -0.3 is 5.32 Å². The van der Waals surface area contributed by atoms with Crippen molar-refractivity contribution in [3.05, 3.63) is 58.4 Å². The molecule has 0 unspecified atom stereocenters. The second-order valence-electron chi connectivity index (χ2n) is 4.72. The number of pyridine rings is 1. The van der Waals surface area contributed by atoms with Gasteiger partial charge in [0.25, 0.3) is 5.91 Å². The molecule has 0 aliphatic carbocycles. The number of anilines is 1. The van der Waals surface area contributed by atoms with E-state index in [9.17, 15) is 4.79 Å². The quantitative estimate of drug-likeness (QED) is 0.855. The third-order valence-corrected chi connectivity index (χ3v) is 3.13. The summed E-state index contributed by atoms with van der Waals surface area (Å²) in [4.78, 5) is 16.2. The Hall–Kier alpha value is -1.87. The highest BCUT2D eigenvalue weighted by atomic mass is 35.5. The summed E-state index contributed by atoms with van der Waals surface area (Å²) < 4.78 is 0. The monoisotopic (exact) mass is 288 g/mol. The number of halogens is 1. The predicted octanol–water partition coefficient (Wildman–Crippen LogP) is 4.25. The van der Waals surface area contributed by atoms with Crippen molar-refractivity contribution in [2.75, 3.05) is 5.32 Å². The van der Waals surface area contributed by atoms with Crippen molar-refractivity contribution in [3.63, 3.8) is 0 Å². The van der Waals surface area contributed by atoms with Gasteiger partial charge in [0, 0.05) is 16.9 Å². The maximum absolute atomic E-state index is 12.1. The molecule has 1 N–H and O–H groups in total. The Bertz CT molecular complexity index is 588. The van der Waals surface area contributed by atoms with E-state index in [1.807, 2.05) is 31.2 Å². The Labute approximate surface area is 124 Å². The number of rotatable bonds is 4. The lowest BCUT2D eigenvalue weighted by Crippen LogP contribution is -2.12. The summed E-state index contributed by atoms with van der Waals surface area (Å²) in [5.74, 6) is -0.180. The van der Waals surface area contributed by atoms with E-state index in [1.165, 1.54) is 5.56 Å². The summed E-state index contributed by atoms with van der Waals surface area (Å²) in [6, 6.07) is 11.2. The summed E-state index contributed by atoms with van der Waals surface area (Å²) >= 11 is 5.86. The lowest BCUT2D eigenvalue weighted by molar-refractivity contribution is 0.102. The Morgan fingerprint density at radius 2 is 1.95 bits per heavy atom. The maximum atomic E-state index is 12.1. The van der Waals surface area contributed by atoms with Crippen molar-refractivity contribution in [2.24, 2.45) is 0 Å². The van der Waals surface area contributed by atoms with Crippen LogP contribution in [0.3, 0.4) is 0 Å². The zero-order valence-electron chi connectivity index (χ0n) is 11.6. The van der Waals surface area contributed by atoms with Crippen LogP contribution in [0.1, 0.15) is 35.0 Å². The van der Waals surface area contributed by atoms with E-state index in [4.69, 9.17) is 11.6 Å². The Kier molecular flexibility index (Phi) is 4.74. The SMILES string of the molecule is CCCc1ccc(NC(=O)c2cc(C)nc(Cl)c2)cc1. The number of benzene rings is 1. The zero-order chi connectivity index (χ0) is 14.5. The molecule has 0 spiro atoms. The predicted molar refractivity (Wildman–Crippen MR) is 82.4 cm³/mol. The summed E-state index contributed by atoms with van der Waals surface area (Å²) in [6.07, 6.45) is 2.16. The molecule has 0 aliphatic heterocycles. The summed E-state index contributed by atoms with van der Waals surface area (Å²) in [5.41, 5.74) is 3.29. The number of hydrogen-bond acceptors (Lipinski definition) is 2. The van der Waals surface area contributed by atoms with Crippen LogP contribution in [0.5, 0.6) is 0 Å². The molecule has 1 aromatic heterocycles. The minimum Gasteiger partial charge on any atom is -0.322 e. The molecule has 0 saturated carbocycles. The molecule has 4 heteroatoms. The van der Waals surface area contributed by atoms with Crippen LogP contribution in [0.25, 0.3) is 0 Å². The van der Waals surface area contributed by atoms with Gasteiger partial charge in [-0.25, -0.2) is 4.98 Å². The lowest BCUT2D eigenvalue weighted by Gasteiger charge is -2.07. The molecule has 0 bridgehead atoms. The van der Waals surface area contributed by atoms with E-state index in [2.05, 4.69) is 17.2 Å². The van der Waals surface area contributed by atoms with Gasteiger partial charge in [-0.3, -0.25) is 4.79 Å². The largest absolute Gasteiger partial charge is 0.322 e. The number of nitrogens with zero attached hydrogens (tertiary/aromatic N) is 1. The van der Waals surface area contributed by atoms with Crippen LogP contribution in [-0.4, -0.2) is 10.9 Å². The molecule has 0 atom stereocenters. The van der Waals surface area contributed by atoms with Crippen molar-refractivity contribution >= 4 is 23.2 Å². The minimum absolute atomic E-state index is 0.180. The number of aromatic nitrogens is 1. The Morgan fingerprint density at radius 3 is 2.55 bits per heavy atom. The van der Waals surface area contributed by atoms with Gasteiger partial charge in [-0.2, -0.15) is 0 Å². The van der Waals surface area contributed by atoms with Gasteiger partial charge in [-0.15, -0.1) is 0 Å². The molecule has 104 valence electrons. The summed E-state index contributed by atoms with van der Waals surface area (Å²) in [7, 11) is 0. The third kappa shape index (κ3) is 3.81. The molecular formula is C16H17ClN2O. The molecule has 1 amide bonds. The van der Waals surface area contributed by atoms with Crippen LogP contribution in [0.2, 0.25) is 5.15 Å². The molecule has 0 aliphatic rings. The Balaban J connectivity index is 2.10. The van der Waals surface area contributed by atoms with Crippen LogP contribution in [0.15, 0.2) is 36.4 Å². The molecule has 2 rings (SSSR count). The smallest absolute Gasteiger partial charge is 0.255 e. The normalized spacial score (nSPS) is 10.3. The highest BCUT2D eigenvalue weighted by Crippen LogP contribution is 2.15. The van der Waals surface area contributed by atoms with E-state index in [0.717, 1.165) is 24.2 Å². The molecule has 3 nitrogen and oxygen atoms in total. The van der Waals surface area contributed by atoms with Gasteiger partial charge in [0.05, 0.1) is 0 Å². The molecule has 1 heterocycles. The van der Waals surface area contributed by atoms with Crippen LogP contribution in [-0.2, 0) is 6.42 Å². The first-order valence-corrected chi connectivity index (χ1v) is 7.01. The van der Waals surface area contributed by atoms with Crippen LogP contribution >= 0.6 is 11.6 Å². The van der Waals surface area contributed by atoms with Crippen LogP contribution in [0.4, 0.5) is 5.69 Å². The van der Waals surface area contributed by atoms with Gasteiger partial charge in [-0.05, 0) is 43.2 Å². The summed E-state index contributed by atoms with van der Waals surface area (Å²) in [6.45, 7) is 3.95. The molecule has 20 heavy (non-hydrogen) atoms. The number of hydrogen-bond donors (Lipinski definition) is 1. The second-order valence-corrected chi connectivity index (χ2v) is 5.11. The fourth-order valence-corrected chi connectivity index (χ4v) is 2.26. The standard InChI is InChI=1S/C16H17ClN2O/c1-3-4-12-5-7-14(8-6-12)19-16(20)13-9-11(2)18-15(17)10-13/h5-10H,3-4H2,1-2H3,(H,19,20). The summed E-state index contributed by atoms with van der Waals surface area (Å²) in [5, 5.41) is 3.18. The van der Waals surface area contributed by atoms with Crippen molar-refractivity contribution in [1.82, 2.24) is 4.98 Å². The maximum Gasteiger partial charge on any atom is 0.255 e. The average molecular weight is 289 g/mol. The second kappa shape index (κ2) is 6.53. The highest BCUT2D eigenvalue weighted by molar-refractivity contribution is 6.29. The van der Waals surface area contributed by atoms with Gasteiger partial charge in [-0.1, -0.05) is 37.1 Å². The molecule has 0 fully saturated rings. The topological polar surface area (TPSA) is 42.0 Å².